The normalized spacial score (nSPS) is 10.6. The summed E-state index contributed by atoms with van der Waals surface area (Å²) in [6.07, 6.45) is 6.68. The molecular formula is C20H20ClN3O. The van der Waals surface area contributed by atoms with Crippen LogP contribution in [0.2, 0.25) is 5.02 Å². The summed E-state index contributed by atoms with van der Waals surface area (Å²) in [5.74, 6) is -0.179. The van der Waals surface area contributed by atoms with Gasteiger partial charge in [0.05, 0.1) is 17.4 Å². The van der Waals surface area contributed by atoms with E-state index >= 15 is 0 Å². The van der Waals surface area contributed by atoms with Crippen molar-refractivity contribution in [2.45, 2.75) is 26.2 Å². The van der Waals surface area contributed by atoms with Crippen LogP contribution < -0.4 is 5.32 Å². The molecule has 5 heteroatoms. The highest BCUT2D eigenvalue weighted by molar-refractivity contribution is 6.30. The fourth-order valence-corrected chi connectivity index (χ4v) is 2.64. The summed E-state index contributed by atoms with van der Waals surface area (Å²) in [7, 11) is 0. The van der Waals surface area contributed by atoms with Crippen LogP contribution in [0.25, 0.3) is 5.69 Å². The van der Waals surface area contributed by atoms with E-state index in [0.29, 0.717) is 10.6 Å². The Morgan fingerprint density at radius 1 is 1.12 bits per heavy atom. The Bertz CT molecular complexity index is 838. The first-order chi connectivity index (χ1) is 12.2. The molecule has 0 saturated heterocycles. The SMILES string of the molecule is CCCCc1ccc(NC(=O)c2cnn(-c3ccc(Cl)cc3)c2)cc1. The summed E-state index contributed by atoms with van der Waals surface area (Å²) in [5, 5.41) is 7.80. The fourth-order valence-electron chi connectivity index (χ4n) is 2.51. The van der Waals surface area contributed by atoms with Crippen LogP contribution >= 0.6 is 11.6 Å². The zero-order valence-corrected chi connectivity index (χ0v) is 14.8. The Morgan fingerprint density at radius 3 is 2.52 bits per heavy atom. The molecule has 0 spiro atoms. The van der Waals surface area contributed by atoms with E-state index in [2.05, 4.69) is 29.5 Å². The first-order valence-corrected chi connectivity index (χ1v) is 8.74. The van der Waals surface area contributed by atoms with Gasteiger partial charge in [0, 0.05) is 16.9 Å². The van der Waals surface area contributed by atoms with Gasteiger partial charge in [0.25, 0.3) is 5.91 Å². The van der Waals surface area contributed by atoms with Gasteiger partial charge < -0.3 is 5.32 Å². The Labute approximate surface area is 152 Å². The Balaban J connectivity index is 1.66. The monoisotopic (exact) mass is 353 g/mol. The number of hydrogen-bond donors (Lipinski definition) is 1. The third kappa shape index (κ3) is 4.48. The number of rotatable bonds is 6. The number of hydrogen-bond acceptors (Lipinski definition) is 2. The molecule has 0 aliphatic rings. The Morgan fingerprint density at radius 2 is 1.84 bits per heavy atom. The molecule has 0 atom stereocenters. The predicted molar refractivity (Wildman–Crippen MR) is 102 cm³/mol. The first-order valence-electron chi connectivity index (χ1n) is 8.36. The molecule has 3 rings (SSSR count). The third-order valence-electron chi connectivity index (χ3n) is 3.97. The molecule has 1 N–H and O–H groups in total. The van der Waals surface area contributed by atoms with E-state index in [4.69, 9.17) is 11.6 Å². The van der Waals surface area contributed by atoms with Crippen molar-refractivity contribution in [1.29, 1.82) is 0 Å². The standard InChI is InChI=1S/C20H20ClN3O/c1-2-3-4-15-5-9-18(10-6-15)23-20(25)16-13-22-24(14-16)19-11-7-17(21)8-12-19/h5-14H,2-4H2,1H3,(H,23,25). The lowest BCUT2D eigenvalue weighted by molar-refractivity contribution is 0.102. The van der Waals surface area contributed by atoms with Crippen LogP contribution in [0.4, 0.5) is 5.69 Å². The number of unbranched alkanes of at least 4 members (excludes halogenated alkanes) is 1. The largest absolute Gasteiger partial charge is 0.322 e. The predicted octanol–water partition coefficient (Wildman–Crippen LogP) is 5.12. The van der Waals surface area contributed by atoms with Gasteiger partial charge in [-0.3, -0.25) is 4.79 Å². The van der Waals surface area contributed by atoms with Gasteiger partial charge in [0.2, 0.25) is 0 Å². The average Bonchev–Trinajstić information content (AvgIpc) is 3.12. The van der Waals surface area contributed by atoms with Gasteiger partial charge in [-0.25, -0.2) is 4.68 Å². The van der Waals surface area contributed by atoms with Crippen molar-refractivity contribution in [3.63, 3.8) is 0 Å². The number of amides is 1. The van der Waals surface area contributed by atoms with E-state index in [1.165, 1.54) is 18.4 Å². The van der Waals surface area contributed by atoms with Crippen LogP contribution in [0, 0.1) is 0 Å². The minimum atomic E-state index is -0.179. The number of carbonyl (C=O) groups excluding carboxylic acids is 1. The van der Waals surface area contributed by atoms with Crippen LogP contribution in [-0.4, -0.2) is 15.7 Å². The molecule has 3 aromatic rings. The van der Waals surface area contributed by atoms with Crippen LogP contribution in [0.15, 0.2) is 60.9 Å². The van der Waals surface area contributed by atoms with Gasteiger partial charge in [-0.1, -0.05) is 37.1 Å². The van der Waals surface area contributed by atoms with Gasteiger partial charge in [0.1, 0.15) is 0 Å². The summed E-state index contributed by atoms with van der Waals surface area (Å²) in [4.78, 5) is 12.4. The molecule has 128 valence electrons. The number of halogens is 1. The van der Waals surface area contributed by atoms with Gasteiger partial charge >= 0.3 is 0 Å². The van der Waals surface area contributed by atoms with Crippen LogP contribution in [0.5, 0.6) is 0 Å². The molecule has 0 radical (unpaired) electrons. The van der Waals surface area contributed by atoms with Gasteiger partial charge in [-0.05, 0) is 54.8 Å². The van der Waals surface area contributed by atoms with Crippen molar-refractivity contribution in [1.82, 2.24) is 9.78 Å². The molecule has 1 aromatic heterocycles. The van der Waals surface area contributed by atoms with Crippen molar-refractivity contribution in [2.24, 2.45) is 0 Å². The molecule has 4 nitrogen and oxygen atoms in total. The number of benzene rings is 2. The van der Waals surface area contributed by atoms with Gasteiger partial charge in [0.15, 0.2) is 0 Å². The number of anilines is 1. The van der Waals surface area contributed by atoms with E-state index < -0.39 is 0 Å². The molecule has 0 aliphatic carbocycles. The summed E-state index contributed by atoms with van der Waals surface area (Å²) in [5.41, 5.74) is 3.42. The topological polar surface area (TPSA) is 46.9 Å². The van der Waals surface area contributed by atoms with E-state index in [0.717, 1.165) is 17.8 Å². The minimum absolute atomic E-state index is 0.179. The van der Waals surface area contributed by atoms with Crippen LogP contribution in [0.3, 0.4) is 0 Å². The summed E-state index contributed by atoms with van der Waals surface area (Å²) >= 11 is 5.89. The number of nitrogens with one attached hydrogen (secondary N) is 1. The molecule has 0 saturated carbocycles. The third-order valence-corrected chi connectivity index (χ3v) is 4.22. The second kappa shape index (κ2) is 7.99. The molecule has 0 unspecified atom stereocenters. The molecule has 0 bridgehead atoms. The zero-order chi connectivity index (χ0) is 17.6. The van der Waals surface area contributed by atoms with Crippen molar-refractivity contribution >= 4 is 23.2 Å². The van der Waals surface area contributed by atoms with Crippen molar-refractivity contribution in [2.75, 3.05) is 5.32 Å². The summed E-state index contributed by atoms with van der Waals surface area (Å²) < 4.78 is 1.65. The molecular weight excluding hydrogens is 334 g/mol. The molecule has 1 heterocycles. The molecule has 25 heavy (non-hydrogen) atoms. The maximum atomic E-state index is 12.4. The number of nitrogens with zero attached hydrogens (tertiary/aromatic N) is 2. The molecule has 2 aromatic carbocycles. The lowest BCUT2D eigenvalue weighted by Gasteiger charge is -2.05. The van der Waals surface area contributed by atoms with Crippen molar-refractivity contribution in [3.05, 3.63) is 77.1 Å². The number of carbonyl (C=O) groups is 1. The van der Waals surface area contributed by atoms with Crippen molar-refractivity contribution in [3.8, 4) is 5.69 Å². The molecule has 1 amide bonds. The highest BCUT2D eigenvalue weighted by Crippen LogP contribution is 2.15. The quantitative estimate of drug-likeness (QED) is 0.668. The second-order valence-corrected chi connectivity index (χ2v) is 6.34. The average molecular weight is 354 g/mol. The highest BCUT2D eigenvalue weighted by atomic mass is 35.5. The van der Waals surface area contributed by atoms with Crippen LogP contribution in [-0.2, 0) is 6.42 Å². The second-order valence-electron chi connectivity index (χ2n) is 5.90. The lowest BCUT2D eigenvalue weighted by atomic mass is 10.1. The number of aryl methyl sites for hydroxylation is 1. The smallest absolute Gasteiger partial charge is 0.258 e. The zero-order valence-electron chi connectivity index (χ0n) is 14.1. The molecule has 0 fully saturated rings. The maximum Gasteiger partial charge on any atom is 0.258 e. The van der Waals surface area contributed by atoms with Crippen molar-refractivity contribution < 1.29 is 4.79 Å². The van der Waals surface area contributed by atoms with Gasteiger partial charge in [-0.2, -0.15) is 5.10 Å². The summed E-state index contributed by atoms with van der Waals surface area (Å²) in [6, 6.07) is 15.3. The Hall–Kier alpha value is -2.59. The van der Waals surface area contributed by atoms with E-state index in [9.17, 15) is 4.79 Å². The van der Waals surface area contributed by atoms with E-state index in [1.54, 1.807) is 29.2 Å². The summed E-state index contributed by atoms with van der Waals surface area (Å²) in [6.45, 7) is 2.18. The van der Waals surface area contributed by atoms with E-state index in [-0.39, 0.29) is 5.91 Å². The van der Waals surface area contributed by atoms with Gasteiger partial charge in [-0.15, -0.1) is 0 Å². The number of aromatic nitrogens is 2. The van der Waals surface area contributed by atoms with E-state index in [1.807, 2.05) is 24.3 Å². The lowest BCUT2D eigenvalue weighted by Crippen LogP contribution is -2.11. The Kier molecular flexibility index (Phi) is 5.51. The maximum absolute atomic E-state index is 12.4. The first kappa shape index (κ1) is 17.2. The van der Waals surface area contributed by atoms with Crippen LogP contribution in [0.1, 0.15) is 35.7 Å². The minimum Gasteiger partial charge on any atom is -0.322 e. The fraction of sp³-hybridized carbons (Fsp3) is 0.200. The highest BCUT2D eigenvalue weighted by Gasteiger charge is 2.10. The molecule has 0 aliphatic heterocycles.